The molecule has 0 aliphatic heterocycles. The summed E-state index contributed by atoms with van der Waals surface area (Å²) in [5, 5.41) is 9.57. The summed E-state index contributed by atoms with van der Waals surface area (Å²) in [6.07, 6.45) is 5.54. The van der Waals surface area contributed by atoms with E-state index in [2.05, 4.69) is 13.8 Å². The topological polar surface area (TPSA) is 46.5 Å². The zero-order valence-electron chi connectivity index (χ0n) is 14.2. The zero-order valence-corrected chi connectivity index (χ0v) is 14.2. The first-order valence-electron chi connectivity index (χ1n) is 8.93. The van der Waals surface area contributed by atoms with E-state index in [4.69, 9.17) is 4.74 Å². The third-order valence-corrected chi connectivity index (χ3v) is 6.38. The van der Waals surface area contributed by atoms with Gasteiger partial charge in [0.25, 0.3) is 0 Å². The molecule has 0 bridgehead atoms. The Morgan fingerprint density at radius 1 is 1.30 bits per heavy atom. The van der Waals surface area contributed by atoms with Crippen LogP contribution in [0.1, 0.15) is 56.3 Å². The maximum atomic E-state index is 12.4. The van der Waals surface area contributed by atoms with Crippen molar-refractivity contribution in [1.82, 2.24) is 0 Å². The van der Waals surface area contributed by atoms with Gasteiger partial charge in [-0.25, -0.2) is 4.79 Å². The summed E-state index contributed by atoms with van der Waals surface area (Å²) < 4.78 is 5.92. The summed E-state index contributed by atoms with van der Waals surface area (Å²) in [6.45, 7) is 4.75. The Morgan fingerprint density at radius 2 is 2.04 bits per heavy atom. The largest absolute Gasteiger partial charge is 0.458 e. The Balaban J connectivity index is 1.74. The second-order valence-corrected chi connectivity index (χ2v) is 7.66. The van der Waals surface area contributed by atoms with Crippen molar-refractivity contribution in [2.45, 2.75) is 52.1 Å². The molecule has 5 atom stereocenters. The number of fused-ring (bicyclic) bond motifs is 1. The van der Waals surface area contributed by atoms with Crippen LogP contribution in [-0.4, -0.2) is 23.8 Å². The van der Waals surface area contributed by atoms with Crippen LogP contribution in [0, 0.1) is 23.2 Å². The van der Waals surface area contributed by atoms with Crippen LogP contribution in [-0.2, 0) is 4.74 Å². The minimum atomic E-state index is -0.196. The van der Waals surface area contributed by atoms with E-state index in [-0.39, 0.29) is 24.1 Å². The van der Waals surface area contributed by atoms with Crippen LogP contribution in [0.2, 0.25) is 0 Å². The highest BCUT2D eigenvalue weighted by Crippen LogP contribution is 2.58. The van der Waals surface area contributed by atoms with Crippen LogP contribution in [0.3, 0.4) is 0 Å². The van der Waals surface area contributed by atoms with Gasteiger partial charge in [0.05, 0.1) is 5.56 Å². The van der Waals surface area contributed by atoms with Crippen LogP contribution in [0.4, 0.5) is 0 Å². The number of aliphatic hydroxyl groups is 1. The predicted octanol–water partition coefficient (Wildman–Crippen LogP) is 4.06. The van der Waals surface area contributed by atoms with Crippen LogP contribution >= 0.6 is 0 Å². The summed E-state index contributed by atoms with van der Waals surface area (Å²) in [4.78, 5) is 12.4. The summed E-state index contributed by atoms with van der Waals surface area (Å²) in [7, 11) is 0. The standard InChI is InChI=1S/C20H28O3/c1-14(13-21)16-10-11-17-18(9-6-12-20(16,17)2)23-19(22)15-7-4-3-5-8-15/h3-5,7-8,14,16-18,21H,6,9-13H2,1-2H3/t14-,16?,17+,18+,20-/m1/s1. The fourth-order valence-electron chi connectivity index (χ4n) is 5.14. The molecular weight excluding hydrogens is 288 g/mol. The third kappa shape index (κ3) is 3.03. The van der Waals surface area contributed by atoms with Crippen molar-refractivity contribution in [3.8, 4) is 0 Å². The van der Waals surface area contributed by atoms with Crippen molar-refractivity contribution in [1.29, 1.82) is 0 Å². The molecule has 2 saturated carbocycles. The number of carbonyl (C=O) groups excluding carboxylic acids is 1. The lowest BCUT2D eigenvalue weighted by molar-refractivity contribution is -0.0498. The number of carbonyl (C=O) groups is 1. The highest BCUT2D eigenvalue weighted by Gasteiger charge is 2.53. The van der Waals surface area contributed by atoms with E-state index < -0.39 is 0 Å². The summed E-state index contributed by atoms with van der Waals surface area (Å²) >= 11 is 0. The fourth-order valence-corrected chi connectivity index (χ4v) is 5.14. The molecule has 3 rings (SSSR count). The number of benzene rings is 1. The first kappa shape index (κ1) is 16.5. The van der Waals surface area contributed by atoms with Gasteiger partial charge in [0.15, 0.2) is 0 Å². The molecule has 3 nitrogen and oxygen atoms in total. The molecule has 2 fully saturated rings. The summed E-state index contributed by atoms with van der Waals surface area (Å²) in [5.41, 5.74) is 0.834. The zero-order chi connectivity index (χ0) is 16.4. The number of esters is 1. The predicted molar refractivity (Wildman–Crippen MR) is 90.1 cm³/mol. The number of aliphatic hydroxyl groups excluding tert-OH is 1. The lowest BCUT2D eigenvalue weighted by Gasteiger charge is -2.46. The highest BCUT2D eigenvalue weighted by atomic mass is 16.5. The molecule has 126 valence electrons. The molecule has 0 amide bonds. The molecule has 0 radical (unpaired) electrons. The Morgan fingerprint density at radius 3 is 2.74 bits per heavy atom. The lowest BCUT2D eigenvalue weighted by Crippen LogP contribution is -2.43. The molecule has 23 heavy (non-hydrogen) atoms. The first-order chi connectivity index (χ1) is 11.1. The Bertz CT molecular complexity index is 541. The lowest BCUT2D eigenvalue weighted by atomic mass is 9.62. The second-order valence-electron chi connectivity index (χ2n) is 7.66. The molecular formula is C20H28O3. The molecule has 1 N–H and O–H groups in total. The first-order valence-corrected chi connectivity index (χ1v) is 8.93. The third-order valence-electron chi connectivity index (χ3n) is 6.38. The van der Waals surface area contributed by atoms with Crippen LogP contribution in [0.15, 0.2) is 30.3 Å². The van der Waals surface area contributed by atoms with E-state index >= 15 is 0 Å². The van der Waals surface area contributed by atoms with E-state index in [0.717, 1.165) is 25.7 Å². The maximum Gasteiger partial charge on any atom is 0.338 e. The normalized spacial score (nSPS) is 34.7. The van der Waals surface area contributed by atoms with Crippen LogP contribution in [0.25, 0.3) is 0 Å². The monoisotopic (exact) mass is 316 g/mol. The van der Waals surface area contributed by atoms with Gasteiger partial charge in [-0.3, -0.25) is 0 Å². The molecule has 1 aromatic rings. The van der Waals surface area contributed by atoms with E-state index in [9.17, 15) is 9.90 Å². The molecule has 1 unspecified atom stereocenters. The second kappa shape index (κ2) is 6.64. The molecule has 0 aromatic heterocycles. The molecule has 0 heterocycles. The van der Waals surface area contributed by atoms with E-state index in [1.54, 1.807) is 0 Å². The molecule has 2 aliphatic rings. The van der Waals surface area contributed by atoms with Gasteiger partial charge in [-0.2, -0.15) is 0 Å². The van der Waals surface area contributed by atoms with Crippen LogP contribution in [0.5, 0.6) is 0 Å². The molecule has 0 saturated heterocycles. The summed E-state index contributed by atoms with van der Waals surface area (Å²) in [5.74, 6) is 1.10. The average Bonchev–Trinajstić information content (AvgIpc) is 2.93. The van der Waals surface area contributed by atoms with E-state index in [1.165, 1.54) is 6.42 Å². The number of rotatable bonds is 4. The minimum absolute atomic E-state index is 0.0253. The Labute approximate surface area is 139 Å². The van der Waals surface area contributed by atoms with Crippen molar-refractivity contribution in [3.63, 3.8) is 0 Å². The molecule has 2 aliphatic carbocycles. The van der Waals surface area contributed by atoms with Crippen molar-refractivity contribution in [2.75, 3.05) is 6.61 Å². The Hall–Kier alpha value is -1.35. The van der Waals surface area contributed by atoms with Gasteiger partial charge in [-0.05, 0) is 61.5 Å². The van der Waals surface area contributed by atoms with Gasteiger partial charge in [-0.1, -0.05) is 32.0 Å². The Kier molecular flexibility index (Phi) is 4.77. The van der Waals surface area contributed by atoms with Crippen molar-refractivity contribution in [2.24, 2.45) is 23.2 Å². The molecule has 0 spiro atoms. The highest BCUT2D eigenvalue weighted by molar-refractivity contribution is 5.89. The van der Waals surface area contributed by atoms with Gasteiger partial charge >= 0.3 is 5.97 Å². The maximum absolute atomic E-state index is 12.4. The number of ether oxygens (including phenoxy) is 1. The van der Waals surface area contributed by atoms with Crippen molar-refractivity contribution < 1.29 is 14.6 Å². The number of hydrogen-bond acceptors (Lipinski definition) is 3. The van der Waals surface area contributed by atoms with Crippen LogP contribution < -0.4 is 0 Å². The quantitative estimate of drug-likeness (QED) is 0.852. The summed E-state index contributed by atoms with van der Waals surface area (Å²) in [6, 6.07) is 9.28. The smallest absolute Gasteiger partial charge is 0.338 e. The fraction of sp³-hybridized carbons (Fsp3) is 0.650. The molecule has 3 heteroatoms. The van der Waals surface area contributed by atoms with Crippen molar-refractivity contribution >= 4 is 5.97 Å². The number of hydrogen-bond donors (Lipinski definition) is 1. The van der Waals surface area contributed by atoms with Gasteiger partial charge in [0.2, 0.25) is 0 Å². The molecule has 1 aromatic carbocycles. The SMILES string of the molecule is C[C@H](CO)C1CC[C@H]2[C@@H](OC(=O)c3ccccc3)CCC[C@]12C. The van der Waals surface area contributed by atoms with E-state index in [1.807, 2.05) is 30.3 Å². The minimum Gasteiger partial charge on any atom is -0.458 e. The van der Waals surface area contributed by atoms with Crippen molar-refractivity contribution in [3.05, 3.63) is 35.9 Å². The van der Waals surface area contributed by atoms with Gasteiger partial charge in [-0.15, -0.1) is 0 Å². The van der Waals surface area contributed by atoms with Gasteiger partial charge < -0.3 is 9.84 Å². The van der Waals surface area contributed by atoms with Gasteiger partial charge in [0.1, 0.15) is 6.10 Å². The van der Waals surface area contributed by atoms with E-state index in [0.29, 0.717) is 23.3 Å². The van der Waals surface area contributed by atoms with Gasteiger partial charge in [0, 0.05) is 12.5 Å². The average molecular weight is 316 g/mol.